The van der Waals surface area contributed by atoms with Gasteiger partial charge in [-0.1, -0.05) is 23.2 Å². The minimum Gasteiger partial charge on any atom is -0.484 e. The zero-order valence-corrected chi connectivity index (χ0v) is 18.3. The number of rotatable bonds is 8. The predicted octanol–water partition coefficient (Wildman–Crippen LogP) is 4.23. The molecule has 166 valence electrons. The molecular weight excluding hydrogens is 462 g/mol. The van der Waals surface area contributed by atoms with Crippen molar-refractivity contribution in [3.63, 3.8) is 0 Å². The van der Waals surface area contributed by atoms with Crippen LogP contribution in [0, 0.1) is 5.82 Å². The largest absolute Gasteiger partial charge is 0.484 e. The number of nitrogens with one attached hydrogen (secondary N) is 1. The van der Waals surface area contributed by atoms with Crippen LogP contribution in [0.3, 0.4) is 0 Å². The Kier molecular flexibility index (Phi) is 6.29. The molecule has 0 spiro atoms. The average molecular weight is 479 g/mol. The number of ether oxygens (including phenoxy) is 2. The molecule has 1 amide bonds. The molecule has 0 bridgehead atoms. The normalized spacial score (nSPS) is 17.3. The van der Waals surface area contributed by atoms with Gasteiger partial charge in [0, 0.05) is 30.4 Å². The molecule has 0 saturated carbocycles. The molecule has 0 radical (unpaired) electrons. The third-order valence-electron chi connectivity index (χ3n) is 4.61. The molecule has 1 aliphatic rings. The summed E-state index contributed by atoms with van der Waals surface area (Å²) in [6.45, 7) is 1.71. The van der Waals surface area contributed by atoms with E-state index >= 15 is 0 Å². The minimum atomic E-state index is -0.615. The Labute approximate surface area is 192 Å². The number of carbonyl (C=O) groups excluding carboxylic acids is 1. The Balaban J connectivity index is 1.28. The van der Waals surface area contributed by atoms with Crippen LogP contribution in [0.15, 0.2) is 52.8 Å². The molecule has 2 aromatic heterocycles. The number of nitrogens with zero attached hydrogens (tertiary/aromatic N) is 3. The van der Waals surface area contributed by atoms with Gasteiger partial charge in [-0.3, -0.25) is 9.78 Å². The second-order valence-corrected chi connectivity index (χ2v) is 8.15. The average Bonchev–Trinajstić information content (AvgIpc) is 3.22. The molecule has 0 fully saturated rings. The molecule has 32 heavy (non-hydrogen) atoms. The first-order chi connectivity index (χ1) is 15.3. The van der Waals surface area contributed by atoms with Crippen LogP contribution in [0.5, 0.6) is 11.5 Å². The number of benzene rings is 1. The Hall–Kier alpha value is -3.17. The number of pyridine rings is 1. The van der Waals surface area contributed by atoms with Crippen molar-refractivity contribution in [1.82, 2.24) is 20.5 Å². The number of carbonyl (C=O) groups is 1. The van der Waals surface area contributed by atoms with Crippen molar-refractivity contribution < 1.29 is 23.1 Å². The van der Waals surface area contributed by atoms with Crippen molar-refractivity contribution in [2.24, 2.45) is 0 Å². The molecule has 0 saturated heterocycles. The maximum Gasteiger partial charge on any atom is 0.262 e. The van der Waals surface area contributed by atoms with Crippen LogP contribution in [0.1, 0.15) is 25.1 Å². The first-order valence-corrected chi connectivity index (χ1v) is 10.2. The summed E-state index contributed by atoms with van der Waals surface area (Å²) >= 11 is 11.5. The molecule has 1 atom stereocenters. The highest BCUT2D eigenvalue weighted by Crippen LogP contribution is 2.39. The summed E-state index contributed by atoms with van der Waals surface area (Å²) in [5.41, 5.74) is 0.190. The maximum atomic E-state index is 13.4. The summed E-state index contributed by atoms with van der Waals surface area (Å²) < 4.78 is 29.9. The van der Waals surface area contributed by atoms with E-state index in [1.54, 1.807) is 6.07 Å². The topological polar surface area (TPSA) is 99.4 Å². The molecule has 8 nitrogen and oxygen atoms in total. The zero-order chi connectivity index (χ0) is 22.7. The van der Waals surface area contributed by atoms with E-state index in [9.17, 15) is 9.18 Å². The van der Waals surface area contributed by atoms with E-state index in [0.29, 0.717) is 34.7 Å². The molecule has 1 aliphatic carbocycles. The van der Waals surface area contributed by atoms with Gasteiger partial charge in [-0.15, -0.1) is 10.2 Å². The Bertz CT molecular complexity index is 1190. The van der Waals surface area contributed by atoms with Crippen LogP contribution in [0.2, 0.25) is 10.0 Å². The highest BCUT2D eigenvalue weighted by atomic mass is 35.5. The lowest BCUT2D eigenvalue weighted by atomic mass is 9.75. The molecule has 0 aliphatic heterocycles. The fourth-order valence-corrected chi connectivity index (χ4v) is 3.34. The van der Waals surface area contributed by atoms with Gasteiger partial charge in [-0.25, -0.2) is 4.39 Å². The van der Waals surface area contributed by atoms with Gasteiger partial charge < -0.3 is 19.2 Å². The van der Waals surface area contributed by atoms with E-state index in [0.717, 1.165) is 6.07 Å². The van der Waals surface area contributed by atoms with Gasteiger partial charge in [0.1, 0.15) is 17.3 Å². The van der Waals surface area contributed by atoms with Gasteiger partial charge in [-0.2, -0.15) is 0 Å². The van der Waals surface area contributed by atoms with E-state index in [2.05, 4.69) is 20.5 Å². The summed E-state index contributed by atoms with van der Waals surface area (Å²) in [4.78, 5) is 16.0. The monoisotopic (exact) mass is 478 g/mol. The van der Waals surface area contributed by atoms with Crippen LogP contribution in [-0.2, 0) is 16.8 Å². The van der Waals surface area contributed by atoms with E-state index in [1.165, 1.54) is 24.5 Å². The minimum absolute atomic E-state index is 0.0158. The molecule has 1 aromatic carbocycles. The van der Waals surface area contributed by atoms with Crippen LogP contribution >= 0.6 is 23.2 Å². The third kappa shape index (κ3) is 5.17. The maximum absolute atomic E-state index is 13.4. The predicted molar refractivity (Wildman–Crippen MR) is 113 cm³/mol. The quantitative estimate of drug-likeness (QED) is 0.516. The lowest BCUT2D eigenvalue weighted by molar-refractivity contribution is -0.122. The second-order valence-electron chi connectivity index (χ2n) is 7.31. The molecule has 4 rings (SSSR count). The SMILES string of the molecule is CC1(c2nnc(COc3cncc(Cl)c3)o2)C=C(NC(=O)COc2ccc(Cl)c(F)c2)C1. The second kappa shape index (κ2) is 9.13. The third-order valence-corrected chi connectivity index (χ3v) is 5.12. The molecule has 11 heteroatoms. The number of hydrogen-bond acceptors (Lipinski definition) is 7. The molecule has 1 unspecified atom stereocenters. The summed E-state index contributed by atoms with van der Waals surface area (Å²) in [5, 5.41) is 11.3. The standard InChI is InChI=1S/C21H17Cl2FN4O4/c1-21(20-28-27-19(32-20)11-31-15-4-12(22)8-25-9-15)6-13(7-21)26-18(29)10-30-14-2-3-16(23)17(24)5-14/h2-6,8-9H,7,10-11H2,1H3,(H,26,29). The highest BCUT2D eigenvalue weighted by molar-refractivity contribution is 6.30. The van der Waals surface area contributed by atoms with Gasteiger partial charge in [-0.05, 0) is 25.1 Å². The van der Waals surface area contributed by atoms with Crippen molar-refractivity contribution in [2.45, 2.75) is 25.4 Å². The smallest absolute Gasteiger partial charge is 0.262 e. The first-order valence-electron chi connectivity index (χ1n) is 9.46. The Morgan fingerprint density at radius 1 is 1.22 bits per heavy atom. The fraction of sp³-hybridized carbons (Fsp3) is 0.238. The van der Waals surface area contributed by atoms with Crippen molar-refractivity contribution >= 4 is 29.1 Å². The Morgan fingerprint density at radius 2 is 2.03 bits per heavy atom. The van der Waals surface area contributed by atoms with E-state index in [4.69, 9.17) is 37.1 Å². The molecular formula is C21H17Cl2FN4O4. The van der Waals surface area contributed by atoms with Crippen LogP contribution in [-0.4, -0.2) is 27.7 Å². The van der Waals surface area contributed by atoms with Crippen LogP contribution in [0.25, 0.3) is 0 Å². The Morgan fingerprint density at radius 3 is 2.78 bits per heavy atom. The van der Waals surface area contributed by atoms with Gasteiger partial charge in [0.2, 0.25) is 5.89 Å². The van der Waals surface area contributed by atoms with Crippen LogP contribution in [0.4, 0.5) is 4.39 Å². The zero-order valence-electron chi connectivity index (χ0n) is 16.8. The summed E-state index contributed by atoms with van der Waals surface area (Å²) in [7, 11) is 0. The number of aromatic nitrogens is 3. The molecule has 2 heterocycles. The number of allylic oxidation sites excluding steroid dienone is 2. The van der Waals surface area contributed by atoms with E-state index in [-0.39, 0.29) is 29.9 Å². The van der Waals surface area contributed by atoms with E-state index < -0.39 is 11.2 Å². The van der Waals surface area contributed by atoms with Crippen molar-refractivity contribution in [3.05, 3.63) is 76.1 Å². The summed E-state index contributed by atoms with van der Waals surface area (Å²) in [6, 6.07) is 5.59. The first kappa shape index (κ1) is 22.0. The highest BCUT2D eigenvalue weighted by Gasteiger charge is 2.39. The number of hydrogen-bond donors (Lipinski definition) is 1. The van der Waals surface area contributed by atoms with Crippen molar-refractivity contribution in [2.75, 3.05) is 6.61 Å². The summed E-state index contributed by atoms with van der Waals surface area (Å²) in [6.07, 6.45) is 5.35. The summed E-state index contributed by atoms with van der Waals surface area (Å²) in [5.74, 6) is 0.421. The number of amides is 1. The van der Waals surface area contributed by atoms with E-state index in [1.807, 2.05) is 13.0 Å². The van der Waals surface area contributed by atoms with Crippen molar-refractivity contribution in [1.29, 1.82) is 0 Å². The van der Waals surface area contributed by atoms with Crippen molar-refractivity contribution in [3.8, 4) is 11.5 Å². The fourth-order valence-electron chi connectivity index (χ4n) is 3.06. The lowest BCUT2D eigenvalue weighted by Crippen LogP contribution is -2.39. The van der Waals surface area contributed by atoms with Gasteiger partial charge in [0.15, 0.2) is 13.2 Å². The van der Waals surface area contributed by atoms with Crippen LogP contribution < -0.4 is 14.8 Å². The van der Waals surface area contributed by atoms with Gasteiger partial charge in [0.25, 0.3) is 11.8 Å². The van der Waals surface area contributed by atoms with Gasteiger partial charge >= 0.3 is 0 Å². The lowest BCUT2D eigenvalue weighted by Gasteiger charge is -2.33. The molecule has 1 N–H and O–H groups in total. The van der Waals surface area contributed by atoms with Gasteiger partial charge in [0.05, 0.1) is 21.7 Å². The number of halogens is 3. The molecule has 3 aromatic rings.